The van der Waals surface area contributed by atoms with Crippen LogP contribution in [-0.4, -0.2) is 37.1 Å². The van der Waals surface area contributed by atoms with Gasteiger partial charge in [0, 0.05) is 19.1 Å². The minimum Gasteiger partial charge on any atom is -0.314 e. The lowest BCUT2D eigenvalue weighted by atomic mass is 9.91. The monoisotopic (exact) mass is 240 g/mol. The largest absolute Gasteiger partial charge is 0.314 e. The van der Waals surface area contributed by atoms with Crippen molar-refractivity contribution in [3.8, 4) is 0 Å². The molecule has 0 aliphatic carbocycles. The lowest BCUT2D eigenvalue weighted by Crippen LogP contribution is -2.45. The van der Waals surface area contributed by atoms with E-state index in [4.69, 9.17) is 0 Å². The third-order valence-electron chi connectivity index (χ3n) is 4.23. The van der Waals surface area contributed by atoms with Crippen LogP contribution in [0.5, 0.6) is 0 Å². The summed E-state index contributed by atoms with van der Waals surface area (Å²) in [5.74, 6) is 1.71. The van der Waals surface area contributed by atoms with Crippen LogP contribution in [0.15, 0.2) is 0 Å². The number of hydrogen-bond acceptors (Lipinski definition) is 2. The minimum atomic E-state index is 0.690. The highest BCUT2D eigenvalue weighted by Crippen LogP contribution is 2.21. The molecule has 0 bridgehead atoms. The van der Waals surface area contributed by atoms with Gasteiger partial charge in [-0.1, -0.05) is 27.2 Å². The van der Waals surface area contributed by atoms with E-state index in [1.165, 1.54) is 51.9 Å². The zero-order valence-corrected chi connectivity index (χ0v) is 12.3. The van der Waals surface area contributed by atoms with E-state index < -0.39 is 0 Å². The quantitative estimate of drug-likeness (QED) is 0.735. The van der Waals surface area contributed by atoms with E-state index >= 15 is 0 Å². The maximum atomic E-state index is 3.66. The van der Waals surface area contributed by atoms with Gasteiger partial charge in [-0.3, -0.25) is 0 Å². The molecule has 1 rings (SSSR count). The number of hydrogen-bond donors (Lipinski definition) is 1. The van der Waals surface area contributed by atoms with E-state index in [1.807, 2.05) is 0 Å². The molecule has 1 saturated heterocycles. The van der Waals surface area contributed by atoms with Crippen LogP contribution in [-0.2, 0) is 0 Å². The molecule has 2 nitrogen and oxygen atoms in total. The standard InChI is InChI=1S/C15H32N2/c1-5-9-16-14(4)15-8-7-10-17(12-15)11-13(3)6-2/h13-16H,5-12H2,1-4H3. The third-order valence-corrected chi connectivity index (χ3v) is 4.23. The zero-order chi connectivity index (χ0) is 12.7. The summed E-state index contributed by atoms with van der Waals surface area (Å²) >= 11 is 0. The van der Waals surface area contributed by atoms with Crippen LogP contribution >= 0.6 is 0 Å². The van der Waals surface area contributed by atoms with Crippen molar-refractivity contribution in [3.63, 3.8) is 0 Å². The molecule has 0 aromatic carbocycles. The van der Waals surface area contributed by atoms with E-state index in [0.29, 0.717) is 6.04 Å². The van der Waals surface area contributed by atoms with Crippen LogP contribution in [0.4, 0.5) is 0 Å². The zero-order valence-electron chi connectivity index (χ0n) is 12.3. The Kier molecular flexibility index (Phi) is 7.14. The molecule has 0 saturated carbocycles. The van der Waals surface area contributed by atoms with Gasteiger partial charge < -0.3 is 10.2 Å². The molecule has 1 aliphatic rings. The van der Waals surface area contributed by atoms with Crippen LogP contribution in [0.3, 0.4) is 0 Å². The van der Waals surface area contributed by atoms with Crippen molar-refractivity contribution in [2.45, 2.75) is 59.4 Å². The van der Waals surface area contributed by atoms with Crippen LogP contribution in [0, 0.1) is 11.8 Å². The van der Waals surface area contributed by atoms with Gasteiger partial charge in [0.15, 0.2) is 0 Å². The lowest BCUT2D eigenvalue weighted by Gasteiger charge is -2.37. The molecule has 0 radical (unpaired) electrons. The fraction of sp³-hybridized carbons (Fsp3) is 1.00. The number of piperidine rings is 1. The number of likely N-dealkylation sites (tertiary alicyclic amines) is 1. The number of nitrogens with zero attached hydrogens (tertiary/aromatic N) is 1. The summed E-state index contributed by atoms with van der Waals surface area (Å²) in [5.41, 5.74) is 0. The van der Waals surface area contributed by atoms with Crippen molar-refractivity contribution in [1.29, 1.82) is 0 Å². The molecule has 1 fully saturated rings. The van der Waals surface area contributed by atoms with E-state index in [2.05, 4.69) is 37.9 Å². The molecule has 0 aromatic rings. The Bertz CT molecular complexity index is 193. The number of nitrogens with one attached hydrogen (secondary N) is 1. The van der Waals surface area contributed by atoms with E-state index in [9.17, 15) is 0 Å². The molecule has 0 amide bonds. The first-order chi connectivity index (χ1) is 8.17. The van der Waals surface area contributed by atoms with Gasteiger partial charge in [0.25, 0.3) is 0 Å². The third kappa shape index (κ3) is 5.39. The fourth-order valence-electron chi connectivity index (χ4n) is 2.77. The van der Waals surface area contributed by atoms with Gasteiger partial charge in [-0.2, -0.15) is 0 Å². The van der Waals surface area contributed by atoms with Crippen molar-refractivity contribution in [2.24, 2.45) is 11.8 Å². The Morgan fingerprint density at radius 1 is 1.29 bits per heavy atom. The first-order valence-electron chi connectivity index (χ1n) is 7.63. The minimum absolute atomic E-state index is 0.690. The molecule has 2 heteroatoms. The summed E-state index contributed by atoms with van der Waals surface area (Å²) in [6.07, 6.45) is 5.35. The smallest absolute Gasteiger partial charge is 0.00792 e. The van der Waals surface area contributed by atoms with Crippen molar-refractivity contribution < 1.29 is 0 Å². The highest BCUT2D eigenvalue weighted by molar-refractivity contribution is 4.80. The summed E-state index contributed by atoms with van der Waals surface area (Å²) in [4.78, 5) is 2.69. The normalized spacial score (nSPS) is 25.8. The van der Waals surface area contributed by atoms with Gasteiger partial charge in [0.2, 0.25) is 0 Å². The van der Waals surface area contributed by atoms with E-state index in [-0.39, 0.29) is 0 Å². The summed E-state index contributed by atoms with van der Waals surface area (Å²) in [5, 5.41) is 3.66. The fourth-order valence-corrected chi connectivity index (χ4v) is 2.77. The average molecular weight is 240 g/mol. The van der Waals surface area contributed by atoms with E-state index in [0.717, 1.165) is 11.8 Å². The maximum absolute atomic E-state index is 3.66. The van der Waals surface area contributed by atoms with Gasteiger partial charge in [-0.25, -0.2) is 0 Å². The van der Waals surface area contributed by atoms with Gasteiger partial charge in [-0.15, -0.1) is 0 Å². The second-order valence-electron chi connectivity index (χ2n) is 5.92. The summed E-state index contributed by atoms with van der Waals surface area (Å²) < 4.78 is 0. The molecule has 3 unspecified atom stereocenters. The van der Waals surface area contributed by atoms with Gasteiger partial charge >= 0.3 is 0 Å². The topological polar surface area (TPSA) is 15.3 Å². The molecule has 0 spiro atoms. The molecular formula is C15H32N2. The van der Waals surface area contributed by atoms with E-state index in [1.54, 1.807) is 0 Å². The second-order valence-corrected chi connectivity index (χ2v) is 5.92. The van der Waals surface area contributed by atoms with Gasteiger partial charge in [-0.05, 0) is 51.1 Å². The van der Waals surface area contributed by atoms with Crippen LogP contribution in [0.25, 0.3) is 0 Å². The molecule has 1 N–H and O–H groups in total. The molecule has 1 heterocycles. The number of rotatable bonds is 7. The Hall–Kier alpha value is -0.0800. The van der Waals surface area contributed by atoms with Crippen LogP contribution in [0.2, 0.25) is 0 Å². The second kappa shape index (κ2) is 8.10. The Balaban J connectivity index is 2.32. The van der Waals surface area contributed by atoms with Crippen molar-refractivity contribution in [1.82, 2.24) is 10.2 Å². The average Bonchev–Trinajstić information content (AvgIpc) is 2.36. The molecular weight excluding hydrogens is 208 g/mol. The SMILES string of the molecule is CCCNC(C)C1CCCN(CC(C)CC)C1. The lowest BCUT2D eigenvalue weighted by molar-refractivity contribution is 0.134. The van der Waals surface area contributed by atoms with Crippen molar-refractivity contribution in [3.05, 3.63) is 0 Å². The molecule has 17 heavy (non-hydrogen) atoms. The molecule has 102 valence electrons. The van der Waals surface area contributed by atoms with Crippen LogP contribution in [0.1, 0.15) is 53.4 Å². The maximum Gasteiger partial charge on any atom is 0.00792 e. The van der Waals surface area contributed by atoms with Crippen molar-refractivity contribution in [2.75, 3.05) is 26.2 Å². The first kappa shape index (κ1) is 15.0. The van der Waals surface area contributed by atoms with Crippen molar-refractivity contribution >= 4 is 0 Å². The highest BCUT2D eigenvalue weighted by atomic mass is 15.1. The Morgan fingerprint density at radius 2 is 2.06 bits per heavy atom. The Morgan fingerprint density at radius 3 is 2.71 bits per heavy atom. The molecule has 0 aromatic heterocycles. The Labute approximate surface area is 108 Å². The van der Waals surface area contributed by atoms with Gasteiger partial charge in [0.05, 0.1) is 0 Å². The summed E-state index contributed by atoms with van der Waals surface area (Å²) in [6.45, 7) is 14.4. The predicted octanol–water partition coefficient (Wildman–Crippen LogP) is 3.13. The van der Waals surface area contributed by atoms with Gasteiger partial charge in [0.1, 0.15) is 0 Å². The summed E-state index contributed by atoms with van der Waals surface area (Å²) in [6, 6.07) is 0.690. The highest BCUT2D eigenvalue weighted by Gasteiger charge is 2.24. The molecule has 3 atom stereocenters. The summed E-state index contributed by atoms with van der Waals surface area (Å²) in [7, 11) is 0. The van der Waals surface area contributed by atoms with Crippen LogP contribution < -0.4 is 5.32 Å². The molecule has 1 aliphatic heterocycles. The first-order valence-corrected chi connectivity index (χ1v) is 7.63. The predicted molar refractivity (Wildman–Crippen MR) is 76.4 cm³/mol.